The third kappa shape index (κ3) is 3.12. The van der Waals surface area contributed by atoms with Crippen molar-refractivity contribution < 1.29 is 14.7 Å². The second kappa shape index (κ2) is 5.98. The molecule has 8 heteroatoms. The van der Waals surface area contributed by atoms with E-state index in [0.29, 0.717) is 15.7 Å². The molecule has 0 fully saturated rings. The van der Waals surface area contributed by atoms with Gasteiger partial charge in [0.05, 0.1) is 22.8 Å². The van der Waals surface area contributed by atoms with Gasteiger partial charge < -0.3 is 10.4 Å². The molecule has 104 valence electrons. The number of halogens is 1. The quantitative estimate of drug-likeness (QED) is 0.902. The van der Waals surface area contributed by atoms with Crippen LogP contribution in [0.5, 0.6) is 0 Å². The Hall–Kier alpha value is -1.99. The summed E-state index contributed by atoms with van der Waals surface area (Å²) in [6.07, 6.45) is 2.86. The Morgan fingerprint density at radius 3 is 2.85 bits per heavy atom. The van der Waals surface area contributed by atoms with Crippen LogP contribution in [0, 0.1) is 6.92 Å². The molecule has 0 aliphatic heterocycles. The van der Waals surface area contributed by atoms with E-state index in [0.717, 1.165) is 11.3 Å². The molecule has 20 heavy (non-hydrogen) atoms. The summed E-state index contributed by atoms with van der Waals surface area (Å²) in [7, 11) is 0. The lowest BCUT2D eigenvalue weighted by atomic mass is 10.2. The number of thiazole rings is 1. The van der Waals surface area contributed by atoms with Crippen LogP contribution in [0.3, 0.4) is 0 Å². The highest BCUT2D eigenvalue weighted by Gasteiger charge is 2.15. The molecule has 2 aromatic heterocycles. The fourth-order valence-corrected chi connectivity index (χ4v) is 2.56. The number of hydrogen-bond acceptors (Lipinski definition) is 5. The molecule has 0 aromatic carbocycles. The second-order valence-electron chi connectivity index (χ2n) is 3.87. The van der Waals surface area contributed by atoms with Crippen LogP contribution in [0.1, 0.15) is 30.7 Å². The number of carbonyl (C=O) groups excluding carboxylic acids is 1. The molecular weight excluding hydrogens is 302 g/mol. The summed E-state index contributed by atoms with van der Waals surface area (Å²) in [4.78, 5) is 30.9. The van der Waals surface area contributed by atoms with Crippen molar-refractivity contribution in [3.05, 3.63) is 44.6 Å². The fraction of sp³-hybridized carbons (Fsp3) is 0.167. The molecule has 2 rings (SSSR count). The van der Waals surface area contributed by atoms with E-state index in [1.165, 1.54) is 18.5 Å². The van der Waals surface area contributed by atoms with Crippen LogP contribution in [-0.4, -0.2) is 27.0 Å². The van der Waals surface area contributed by atoms with Crippen LogP contribution >= 0.6 is 22.9 Å². The van der Waals surface area contributed by atoms with Crippen molar-refractivity contribution in [3.63, 3.8) is 0 Å². The fourth-order valence-electron chi connectivity index (χ4n) is 1.52. The smallest absolute Gasteiger partial charge is 0.347 e. The maximum atomic E-state index is 11.9. The number of carboxylic acids is 1. The number of amides is 1. The summed E-state index contributed by atoms with van der Waals surface area (Å²) in [5, 5.41) is 12.4. The standard InChI is InChI=1S/C12H10ClN3O3S/c1-6-10(12(18)19)20-9(16-6)5-15-11(17)7-4-14-3-2-8(7)13/h2-4H,5H2,1H3,(H,15,17)(H,18,19). The van der Waals surface area contributed by atoms with Crippen LogP contribution in [0.2, 0.25) is 5.02 Å². The number of aromatic nitrogens is 2. The van der Waals surface area contributed by atoms with Gasteiger partial charge in [-0.1, -0.05) is 11.6 Å². The third-order valence-corrected chi connectivity index (χ3v) is 3.92. The Bertz CT molecular complexity index is 672. The summed E-state index contributed by atoms with van der Waals surface area (Å²) in [5.41, 5.74) is 0.701. The molecule has 0 aliphatic carbocycles. The predicted octanol–water partition coefficient (Wildman–Crippen LogP) is 2.13. The Kier molecular flexibility index (Phi) is 4.31. The molecule has 2 aromatic rings. The van der Waals surface area contributed by atoms with E-state index < -0.39 is 5.97 Å². The highest BCUT2D eigenvalue weighted by Crippen LogP contribution is 2.18. The van der Waals surface area contributed by atoms with E-state index in [9.17, 15) is 9.59 Å². The topological polar surface area (TPSA) is 92.2 Å². The maximum absolute atomic E-state index is 11.9. The van der Waals surface area contributed by atoms with Crippen molar-refractivity contribution in [2.24, 2.45) is 0 Å². The Labute approximate surface area is 123 Å². The van der Waals surface area contributed by atoms with Crippen LogP contribution in [-0.2, 0) is 6.54 Å². The lowest BCUT2D eigenvalue weighted by Gasteiger charge is -2.04. The third-order valence-electron chi connectivity index (χ3n) is 2.45. The Morgan fingerprint density at radius 2 is 2.25 bits per heavy atom. The minimum Gasteiger partial charge on any atom is -0.477 e. The lowest BCUT2D eigenvalue weighted by Crippen LogP contribution is -2.23. The number of carbonyl (C=O) groups is 2. The summed E-state index contributed by atoms with van der Waals surface area (Å²) < 4.78 is 0. The van der Waals surface area contributed by atoms with Gasteiger partial charge >= 0.3 is 5.97 Å². The molecule has 0 spiro atoms. The van der Waals surface area contributed by atoms with Crippen LogP contribution in [0.4, 0.5) is 0 Å². The van der Waals surface area contributed by atoms with Gasteiger partial charge in [0.25, 0.3) is 5.91 Å². The van der Waals surface area contributed by atoms with Crippen molar-refractivity contribution in [1.82, 2.24) is 15.3 Å². The molecule has 0 aliphatic rings. The van der Waals surface area contributed by atoms with Gasteiger partial charge in [-0.3, -0.25) is 9.78 Å². The summed E-state index contributed by atoms with van der Waals surface area (Å²) in [6, 6.07) is 1.52. The largest absolute Gasteiger partial charge is 0.477 e. The first-order chi connectivity index (χ1) is 9.49. The number of nitrogens with one attached hydrogen (secondary N) is 1. The molecule has 0 unspecified atom stereocenters. The number of pyridine rings is 1. The first-order valence-corrected chi connectivity index (χ1v) is 6.75. The number of aromatic carboxylic acids is 1. The van der Waals surface area contributed by atoms with Gasteiger partial charge in [-0.15, -0.1) is 11.3 Å². The maximum Gasteiger partial charge on any atom is 0.347 e. The van der Waals surface area contributed by atoms with Crippen LogP contribution in [0.15, 0.2) is 18.5 Å². The number of carboxylic acid groups (broad SMARTS) is 1. The van der Waals surface area contributed by atoms with E-state index in [-0.39, 0.29) is 22.9 Å². The first kappa shape index (κ1) is 14.4. The SMILES string of the molecule is Cc1nc(CNC(=O)c2cnccc2Cl)sc1C(=O)O. The summed E-state index contributed by atoms with van der Waals surface area (Å²) >= 11 is 6.92. The molecule has 2 heterocycles. The normalized spacial score (nSPS) is 10.3. The van der Waals surface area contributed by atoms with E-state index in [1.54, 1.807) is 6.92 Å². The van der Waals surface area contributed by atoms with Crippen molar-refractivity contribution in [3.8, 4) is 0 Å². The van der Waals surface area contributed by atoms with Gasteiger partial charge in [0.15, 0.2) is 0 Å². The van der Waals surface area contributed by atoms with Crippen LogP contribution < -0.4 is 5.32 Å². The van der Waals surface area contributed by atoms with E-state index >= 15 is 0 Å². The van der Waals surface area contributed by atoms with Crippen molar-refractivity contribution in [2.75, 3.05) is 0 Å². The summed E-state index contributed by atoms with van der Waals surface area (Å²) in [6.45, 7) is 1.76. The number of hydrogen-bond donors (Lipinski definition) is 2. The summed E-state index contributed by atoms with van der Waals surface area (Å²) in [5.74, 6) is -1.40. The first-order valence-electron chi connectivity index (χ1n) is 5.56. The zero-order valence-corrected chi connectivity index (χ0v) is 12.0. The Balaban J connectivity index is 2.06. The monoisotopic (exact) mass is 311 g/mol. The van der Waals surface area contributed by atoms with Gasteiger partial charge in [-0.2, -0.15) is 0 Å². The number of rotatable bonds is 4. The second-order valence-corrected chi connectivity index (χ2v) is 5.36. The van der Waals surface area contributed by atoms with E-state index in [2.05, 4.69) is 15.3 Å². The molecule has 0 bridgehead atoms. The minimum atomic E-state index is -1.02. The molecule has 0 saturated heterocycles. The Morgan fingerprint density at radius 1 is 1.50 bits per heavy atom. The van der Waals surface area contributed by atoms with Crippen molar-refractivity contribution >= 4 is 34.8 Å². The predicted molar refractivity (Wildman–Crippen MR) is 74.2 cm³/mol. The highest BCUT2D eigenvalue weighted by atomic mass is 35.5. The molecule has 0 atom stereocenters. The van der Waals surface area contributed by atoms with Gasteiger partial charge in [0.1, 0.15) is 9.88 Å². The number of aryl methyl sites for hydroxylation is 1. The minimum absolute atomic E-state index is 0.142. The van der Waals surface area contributed by atoms with Gasteiger partial charge in [-0.25, -0.2) is 9.78 Å². The lowest BCUT2D eigenvalue weighted by molar-refractivity contribution is 0.0701. The van der Waals surface area contributed by atoms with Crippen molar-refractivity contribution in [2.45, 2.75) is 13.5 Å². The average molecular weight is 312 g/mol. The van der Waals surface area contributed by atoms with Gasteiger partial charge in [-0.05, 0) is 13.0 Å². The van der Waals surface area contributed by atoms with Gasteiger partial charge in [0, 0.05) is 12.4 Å². The molecule has 1 amide bonds. The van der Waals surface area contributed by atoms with Crippen molar-refractivity contribution in [1.29, 1.82) is 0 Å². The molecule has 2 N–H and O–H groups in total. The average Bonchev–Trinajstić information content (AvgIpc) is 2.78. The van der Waals surface area contributed by atoms with Crippen LogP contribution in [0.25, 0.3) is 0 Å². The molecule has 0 saturated carbocycles. The van der Waals surface area contributed by atoms with E-state index in [4.69, 9.17) is 16.7 Å². The molecule has 6 nitrogen and oxygen atoms in total. The zero-order chi connectivity index (χ0) is 14.7. The number of nitrogens with zero attached hydrogens (tertiary/aromatic N) is 2. The van der Waals surface area contributed by atoms with Gasteiger partial charge in [0.2, 0.25) is 0 Å². The zero-order valence-electron chi connectivity index (χ0n) is 10.4. The molecular formula is C12H10ClN3O3S. The highest BCUT2D eigenvalue weighted by molar-refractivity contribution is 7.13. The van der Waals surface area contributed by atoms with E-state index in [1.807, 2.05) is 0 Å². The molecule has 0 radical (unpaired) electrons.